The molecule has 0 spiro atoms. The average molecular weight is 273 g/mol. The number of aryl methyl sites for hydroxylation is 3. The summed E-state index contributed by atoms with van der Waals surface area (Å²) >= 11 is 0. The molecule has 1 aromatic carbocycles. The zero-order valence-electron chi connectivity index (χ0n) is 12.9. The molecule has 20 heavy (non-hydrogen) atoms. The molecule has 0 bridgehead atoms. The van der Waals surface area contributed by atoms with E-state index in [4.69, 9.17) is 4.74 Å². The van der Waals surface area contributed by atoms with E-state index in [1.165, 1.54) is 5.56 Å². The van der Waals surface area contributed by atoms with Gasteiger partial charge in [0.25, 0.3) is 0 Å². The van der Waals surface area contributed by atoms with Gasteiger partial charge < -0.3 is 10.1 Å². The molecule has 0 saturated heterocycles. The lowest BCUT2D eigenvalue weighted by Gasteiger charge is -2.11. The Morgan fingerprint density at radius 2 is 2.00 bits per heavy atom. The van der Waals surface area contributed by atoms with Crippen LogP contribution in [-0.2, 0) is 13.6 Å². The summed E-state index contributed by atoms with van der Waals surface area (Å²) in [5, 5.41) is 7.72. The third-order valence-electron chi connectivity index (χ3n) is 3.49. The first-order valence-electron chi connectivity index (χ1n) is 7.01. The van der Waals surface area contributed by atoms with Gasteiger partial charge in [-0.1, -0.05) is 19.1 Å². The molecule has 1 N–H and O–H groups in total. The maximum Gasteiger partial charge on any atom is 0.171 e. The van der Waals surface area contributed by atoms with E-state index in [2.05, 4.69) is 42.5 Å². The van der Waals surface area contributed by atoms with E-state index in [1.54, 1.807) is 0 Å². The largest absolute Gasteiger partial charge is 0.453 e. The Kier molecular flexibility index (Phi) is 4.45. The van der Waals surface area contributed by atoms with E-state index in [1.807, 2.05) is 25.6 Å². The zero-order valence-corrected chi connectivity index (χ0v) is 12.9. The summed E-state index contributed by atoms with van der Waals surface area (Å²) in [5.41, 5.74) is 4.32. The summed E-state index contributed by atoms with van der Waals surface area (Å²) in [6.45, 7) is 9.98. The van der Waals surface area contributed by atoms with E-state index in [-0.39, 0.29) is 0 Å². The van der Waals surface area contributed by atoms with Crippen molar-refractivity contribution in [1.29, 1.82) is 0 Å². The van der Waals surface area contributed by atoms with Crippen LogP contribution >= 0.6 is 0 Å². The van der Waals surface area contributed by atoms with Gasteiger partial charge in [0.2, 0.25) is 0 Å². The number of ether oxygens (including phenoxy) is 1. The van der Waals surface area contributed by atoms with Crippen LogP contribution in [-0.4, -0.2) is 16.3 Å². The molecular weight excluding hydrogens is 250 g/mol. The predicted octanol–water partition coefficient (Wildman–Crippen LogP) is 3.25. The second-order valence-electron chi connectivity index (χ2n) is 5.11. The van der Waals surface area contributed by atoms with Gasteiger partial charge in [0, 0.05) is 13.6 Å². The van der Waals surface area contributed by atoms with Gasteiger partial charge in [0.05, 0.1) is 5.69 Å². The molecule has 0 saturated carbocycles. The van der Waals surface area contributed by atoms with E-state index in [0.29, 0.717) is 0 Å². The number of nitrogens with zero attached hydrogens (tertiary/aromatic N) is 2. The average Bonchev–Trinajstić information content (AvgIpc) is 2.66. The Morgan fingerprint density at radius 1 is 1.25 bits per heavy atom. The second kappa shape index (κ2) is 6.09. The molecular formula is C16H23N3O. The standard InChI is InChI=1S/C16H23N3O/c1-6-17-10-14-8-7-11(2)15(9-14)20-16-12(3)18-19(5)13(16)4/h7-9,17H,6,10H2,1-5H3. The SMILES string of the molecule is CCNCc1ccc(C)c(Oc2c(C)nn(C)c2C)c1. The highest BCUT2D eigenvalue weighted by atomic mass is 16.5. The molecule has 0 atom stereocenters. The predicted molar refractivity (Wildman–Crippen MR) is 81.3 cm³/mol. The van der Waals surface area contributed by atoms with Gasteiger partial charge in [-0.05, 0) is 44.5 Å². The lowest BCUT2D eigenvalue weighted by molar-refractivity contribution is 0.469. The molecule has 0 aliphatic carbocycles. The van der Waals surface area contributed by atoms with Crippen molar-refractivity contribution in [3.8, 4) is 11.5 Å². The maximum atomic E-state index is 6.10. The minimum absolute atomic E-state index is 0.858. The molecule has 2 rings (SSSR count). The molecule has 4 nitrogen and oxygen atoms in total. The smallest absolute Gasteiger partial charge is 0.171 e. The van der Waals surface area contributed by atoms with E-state index in [9.17, 15) is 0 Å². The first-order valence-corrected chi connectivity index (χ1v) is 7.01. The van der Waals surface area contributed by atoms with Crippen molar-refractivity contribution >= 4 is 0 Å². The van der Waals surface area contributed by atoms with Gasteiger partial charge >= 0.3 is 0 Å². The quantitative estimate of drug-likeness (QED) is 0.909. The summed E-state index contributed by atoms with van der Waals surface area (Å²) in [6, 6.07) is 6.33. The molecule has 1 aromatic heterocycles. The highest BCUT2D eigenvalue weighted by Gasteiger charge is 2.13. The summed E-state index contributed by atoms with van der Waals surface area (Å²) in [5.74, 6) is 1.76. The fourth-order valence-electron chi connectivity index (χ4n) is 2.15. The van der Waals surface area contributed by atoms with Crippen molar-refractivity contribution in [1.82, 2.24) is 15.1 Å². The van der Waals surface area contributed by atoms with Crippen LogP contribution in [0.1, 0.15) is 29.4 Å². The fourth-order valence-corrected chi connectivity index (χ4v) is 2.15. The van der Waals surface area contributed by atoms with E-state index in [0.717, 1.165) is 41.5 Å². The summed E-state index contributed by atoms with van der Waals surface area (Å²) in [7, 11) is 1.93. The minimum Gasteiger partial charge on any atom is -0.453 e. The molecule has 0 amide bonds. The number of aromatic nitrogens is 2. The van der Waals surface area contributed by atoms with Crippen LogP contribution in [0.4, 0.5) is 0 Å². The number of rotatable bonds is 5. The van der Waals surface area contributed by atoms with Crippen molar-refractivity contribution in [2.24, 2.45) is 7.05 Å². The highest BCUT2D eigenvalue weighted by molar-refractivity contribution is 5.42. The third kappa shape index (κ3) is 3.02. The molecule has 0 fully saturated rings. The van der Waals surface area contributed by atoms with Crippen LogP contribution in [0, 0.1) is 20.8 Å². The topological polar surface area (TPSA) is 39.1 Å². The van der Waals surface area contributed by atoms with Crippen LogP contribution in [0.3, 0.4) is 0 Å². The summed E-state index contributed by atoms with van der Waals surface area (Å²) < 4.78 is 7.95. The van der Waals surface area contributed by atoms with Crippen LogP contribution in [0.5, 0.6) is 11.5 Å². The van der Waals surface area contributed by atoms with E-state index < -0.39 is 0 Å². The molecule has 1 heterocycles. The third-order valence-corrected chi connectivity index (χ3v) is 3.49. The summed E-state index contributed by atoms with van der Waals surface area (Å²) in [4.78, 5) is 0. The van der Waals surface area contributed by atoms with Crippen molar-refractivity contribution in [3.63, 3.8) is 0 Å². The minimum atomic E-state index is 0.858. The van der Waals surface area contributed by atoms with Gasteiger partial charge in [-0.15, -0.1) is 0 Å². The molecule has 0 radical (unpaired) electrons. The molecule has 0 aliphatic heterocycles. The number of hydrogen-bond donors (Lipinski definition) is 1. The van der Waals surface area contributed by atoms with Gasteiger partial charge in [-0.3, -0.25) is 4.68 Å². The molecule has 0 aliphatic rings. The van der Waals surface area contributed by atoms with Crippen LogP contribution in [0.2, 0.25) is 0 Å². The van der Waals surface area contributed by atoms with Crippen molar-refractivity contribution in [3.05, 3.63) is 40.7 Å². The lowest BCUT2D eigenvalue weighted by Crippen LogP contribution is -2.11. The maximum absolute atomic E-state index is 6.10. The summed E-state index contributed by atoms with van der Waals surface area (Å²) in [6.07, 6.45) is 0. The zero-order chi connectivity index (χ0) is 14.7. The monoisotopic (exact) mass is 273 g/mol. The number of nitrogens with one attached hydrogen (secondary N) is 1. The molecule has 108 valence electrons. The van der Waals surface area contributed by atoms with Crippen LogP contribution < -0.4 is 10.1 Å². The van der Waals surface area contributed by atoms with E-state index >= 15 is 0 Å². The van der Waals surface area contributed by atoms with Gasteiger partial charge in [-0.2, -0.15) is 5.10 Å². The fraction of sp³-hybridized carbons (Fsp3) is 0.438. The molecule has 0 unspecified atom stereocenters. The Balaban J connectivity index is 2.28. The Morgan fingerprint density at radius 3 is 2.60 bits per heavy atom. The molecule has 4 heteroatoms. The number of benzene rings is 1. The van der Waals surface area contributed by atoms with Crippen LogP contribution in [0.25, 0.3) is 0 Å². The molecule has 2 aromatic rings. The normalized spacial score (nSPS) is 10.8. The van der Waals surface area contributed by atoms with Gasteiger partial charge in [-0.25, -0.2) is 0 Å². The Labute approximate surface area is 120 Å². The van der Waals surface area contributed by atoms with Crippen LogP contribution in [0.15, 0.2) is 18.2 Å². The van der Waals surface area contributed by atoms with Crippen molar-refractivity contribution in [2.45, 2.75) is 34.2 Å². The second-order valence-corrected chi connectivity index (χ2v) is 5.11. The Hall–Kier alpha value is -1.81. The van der Waals surface area contributed by atoms with Gasteiger partial charge in [0.15, 0.2) is 5.75 Å². The van der Waals surface area contributed by atoms with Gasteiger partial charge in [0.1, 0.15) is 11.4 Å². The Bertz CT molecular complexity index is 602. The first-order chi connectivity index (χ1) is 9.52. The van der Waals surface area contributed by atoms with Crippen molar-refractivity contribution < 1.29 is 4.74 Å². The lowest BCUT2D eigenvalue weighted by atomic mass is 10.1. The first kappa shape index (κ1) is 14.6. The van der Waals surface area contributed by atoms with Crippen molar-refractivity contribution in [2.75, 3.05) is 6.54 Å². The number of hydrogen-bond acceptors (Lipinski definition) is 3. The highest BCUT2D eigenvalue weighted by Crippen LogP contribution is 2.30.